The van der Waals surface area contributed by atoms with Gasteiger partial charge in [-0.3, -0.25) is 10.0 Å². The molecule has 31 heavy (non-hydrogen) atoms. The summed E-state index contributed by atoms with van der Waals surface area (Å²) in [4.78, 5) is 21.1. The third-order valence-electron chi connectivity index (χ3n) is 5.19. The molecule has 1 aliphatic heterocycles. The average molecular weight is 441 g/mol. The fraction of sp³-hybridized carbons (Fsp3) is 0.350. The van der Waals surface area contributed by atoms with E-state index in [1.165, 1.54) is 0 Å². The number of aryl methyl sites for hydroxylation is 1. The van der Waals surface area contributed by atoms with Gasteiger partial charge in [0.05, 0.1) is 5.52 Å². The lowest BCUT2D eigenvalue weighted by atomic mass is 9.96. The highest BCUT2D eigenvalue weighted by atomic mass is 32.2. The second-order valence-corrected chi connectivity index (χ2v) is 8.39. The van der Waals surface area contributed by atoms with Crippen LogP contribution in [0.1, 0.15) is 32.1 Å². The molecule has 1 amide bonds. The zero-order chi connectivity index (χ0) is 21.8. The largest absolute Gasteiger partial charge is 0.454 e. The minimum atomic E-state index is -0.346. The number of rotatable bonds is 9. The van der Waals surface area contributed by atoms with E-state index in [1.807, 2.05) is 26.0 Å². The van der Waals surface area contributed by atoms with Gasteiger partial charge in [-0.2, -0.15) is 0 Å². The predicted octanol–water partition coefficient (Wildman–Crippen LogP) is 1.61. The Kier molecular flexibility index (Phi) is 6.52. The SMILES string of the molecule is Bc1cc2c(cc1Sc1nc3c(N)nccc3n1CCCCCCC(=O)NO)OCO2. The molecule has 162 valence electrons. The summed E-state index contributed by atoms with van der Waals surface area (Å²) in [6.07, 6.45) is 5.58. The molecule has 0 bridgehead atoms. The number of carbonyl (C=O) groups excluding carboxylic acids is 1. The van der Waals surface area contributed by atoms with Crippen LogP contribution in [0.25, 0.3) is 11.0 Å². The molecule has 0 fully saturated rings. The van der Waals surface area contributed by atoms with Crippen LogP contribution in [-0.4, -0.2) is 40.3 Å². The highest BCUT2D eigenvalue weighted by Crippen LogP contribution is 2.37. The van der Waals surface area contributed by atoms with E-state index in [0.29, 0.717) is 17.8 Å². The summed E-state index contributed by atoms with van der Waals surface area (Å²) in [5, 5.41) is 9.41. The number of nitrogens with one attached hydrogen (secondary N) is 1. The number of hydrogen-bond donors (Lipinski definition) is 3. The van der Waals surface area contributed by atoms with Crippen LogP contribution in [0.5, 0.6) is 11.5 Å². The smallest absolute Gasteiger partial charge is 0.243 e. The summed E-state index contributed by atoms with van der Waals surface area (Å²) in [7, 11) is 2.04. The quantitative estimate of drug-likeness (QED) is 0.198. The van der Waals surface area contributed by atoms with Crippen molar-refractivity contribution in [2.75, 3.05) is 12.5 Å². The minimum absolute atomic E-state index is 0.240. The van der Waals surface area contributed by atoms with Gasteiger partial charge in [-0.25, -0.2) is 15.4 Å². The van der Waals surface area contributed by atoms with Crippen LogP contribution in [0.3, 0.4) is 0 Å². The van der Waals surface area contributed by atoms with E-state index in [2.05, 4.69) is 9.55 Å². The second kappa shape index (κ2) is 9.48. The molecule has 0 saturated heterocycles. The summed E-state index contributed by atoms with van der Waals surface area (Å²) >= 11 is 1.57. The molecule has 4 N–H and O–H groups in total. The Morgan fingerprint density at radius 1 is 1.26 bits per heavy atom. The van der Waals surface area contributed by atoms with Crippen LogP contribution in [-0.2, 0) is 11.3 Å². The summed E-state index contributed by atoms with van der Waals surface area (Å²) in [5.74, 6) is 1.57. The lowest BCUT2D eigenvalue weighted by molar-refractivity contribution is -0.129. The monoisotopic (exact) mass is 441 g/mol. The summed E-state index contributed by atoms with van der Waals surface area (Å²) in [6.45, 7) is 1.02. The Morgan fingerprint density at radius 3 is 2.84 bits per heavy atom. The fourth-order valence-corrected chi connectivity index (χ4v) is 4.56. The van der Waals surface area contributed by atoms with Crippen LogP contribution in [0, 0.1) is 0 Å². The zero-order valence-corrected chi connectivity index (χ0v) is 18.1. The average Bonchev–Trinajstić information content (AvgIpc) is 3.35. The number of anilines is 1. The van der Waals surface area contributed by atoms with E-state index in [4.69, 9.17) is 25.4 Å². The zero-order valence-electron chi connectivity index (χ0n) is 17.3. The highest BCUT2D eigenvalue weighted by Gasteiger charge is 2.19. The number of imidazole rings is 1. The van der Waals surface area contributed by atoms with Crippen LogP contribution in [0.15, 0.2) is 34.4 Å². The van der Waals surface area contributed by atoms with Gasteiger partial charge < -0.3 is 19.8 Å². The second-order valence-electron chi connectivity index (χ2n) is 7.38. The molecule has 0 saturated carbocycles. The van der Waals surface area contributed by atoms with Gasteiger partial charge in [0.1, 0.15) is 13.4 Å². The van der Waals surface area contributed by atoms with Crippen molar-refractivity contribution in [1.29, 1.82) is 0 Å². The summed E-state index contributed by atoms with van der Waals surface area (Å²) < 4.78 is 13.2. The Balaban J connectivity index is 1.52. The molecule has 1 aromatic carbocycles. The number of benzene rings is 1. The van der Waals surface area contributed by atoms with Crippen molar-refractivity contribution < 1.29 is 19.5 Å². The van der Waals surface area contributed by atoms with Crippen molar-refractivity contribution in [3.05, 3.63) is 24.4 Å². The first kappa shape index (κ1) is 21.3. The summed E-state index contributed by atoms with van der Waals surface area (Å²) in [5.41, 5.74) is 10.5. The molecule has 0 unspecified atom stereocenters. The standard InChI is InChI=1S/C20H24BN5O4S/c21-12-9-14-15(30-11-29-14)10-16(12)31-20-24-18-13(6-7-23-19(18)22)26(20)8-4-2-1-3-5-17(27)25-28/h6-7,9-10,28H,1-5,8,11,21H2,(H2,22,23)(H,25,27). The van der Waals surface area contributed by atoms with Gasteiger partial charge in [0.2, 0.25) is 12.7 Å². The van der Waals surface area contributed by atoms with Crippen LogP contribution >= 0.6 is 11.8 Å². The summed E-state index contributed by atoms with van der Waals surface area (Å²) in [6, 6.07) is 5.90. The Bertz CT molecular complexity index is 1110. The molecule has 4 rings (SSSR count). The molecule has 1 aliphatic rings. The van der Waals surface area contributed by atoms with Gasteiger partial charge in [-0.05, 0) is 31.0 Å². The third-order valence-corrected chi connectivity index (χ3v) is 6.35. The maximum Gasteiger partial charge on any atom is 0.243 e. The number of aromatic nitrogens is 3. The van der Waals surface area contributed by atoms with E-state index in [9.17, 15) is 4.79 Å². The van der Waals surface area contributed by atoms with Crippen molar-refractivity contribution in [1.82, 2.24) is 20.0 Å². The van der Waals surface area contributed by atoms with Crippen LogP contribution < -0.4 is 26.2 Å². The number of nitrogens with zero attached hydrogens (tertiary/aromatic N) is 3. The van der Waals surface area contributed by atoms with Gasteiger partial charge in [0.25, 0.3) is 0 Å². The number of fused-ring (bicyclic) bond motifs is 2. The first-order chi connectivity index (χ1) is 15.1. The third kappa shape index (κ3) is 4.72. The van der Waals surface area contributed by atoms with Crippen molar-refractivity contribution in [2.24, 2.45) is 0 Å². The van der Waals surface area contributed by atoms with E-state index in [1.54, 1.807) is 23.4 Å². The Morgan fingerprint density at radius 2 is 2.03 bits per heavy atom. The molecule has 11 heteroatoms. The molecular formula is C20H24BN5O4S. The lowest BCUT2D eigenvalue weighted by Crippen LogP contribution is -2.17. The number of amides is 1. The van der Waals surface area contributed by atoms with E-state index < -0.39 is 0 Å². The topological polar surface area (TPSA) is 125 Å². The number of ether oxygens (including phenoxy) is 2. The van der Waals surface area contributed by atoms with Crippen molar-refractivity contribution in [2.45, 2.75) is 48.7 Å². The number of nitrogens with two attached hydrogens (primary N) is 1. The number of unbranched alkanes of at least 4 members (excludes halogenated alkanes) is 3. The number of nitrogen functional groups attached to an aromatic ring is 1. The highest BCUT2D eigenvalue weighted by molar-refractivity contribution is 7.99. The van der Waals surface area contributed by atoms with Crippen LogP contribution in [0.4, 0.5) is 5.82 Å². The normalized spacial score (nSPS) is 12.4. The number of carbonyl (C=O) groups is 1. The lowest BCUT2D eigenvalue weighted by Gasteiger charge is -2.11. The van der Waals surface area contributed by atoms with Crippen molar-refractivity contribution >= 4 is 47.8 Å². The van der Waals surface area contributed by atoms with Gasteiger partial charge in [-0.1, -0.05) is 30.1 Å². The number of hydrogen-bond acceptors (Lipinski definition) is 8. The van der Waals surface area contributed by atoms with Gasteiger partial charge >= 0.3 is 0 Å². The van der Waals surface area contributed by atoms with E-state index >= 15 is 0 Å². The van der Waals surface area contributed by atoms with E-state index in [0.717, 1.165) is 64.8 Å². The molecule has 3 aromatic rings. The minimum Gasteiger partial charge on any atom is -0.454 e. The van der Waals surface area contributed by atoms with Crippen molar-refractivity contribution in [3.8, 4) is 11.5 Å². The molecule has 0 spiro atoms. The first-order valence-corrected chi connectivity index (χ1v) is 11.0. The fourth-order valence-electron chi connectivity index (χ4n) is 3.54. The Labute approximate surface area is 184 Å². The maximum atomic E-state index is 11.1. The molecule has 0 atom stereocenters. The number of pyridine rings is 1. The number of hydroxylamine groups is 1. The van der Waals surface area contributed by atoms with E-state index in [-0.39, 0.29) is 12.7 Å². The first-order valence-electron chi connectivity index (χ1n) is 10.2. The molecule has 2 aromatic heterocycles. The molecule has 3 heterocycles. The Hall–Kier alpha value is -2.92. The van der Waals surface area contributed by atoms with Crippen LogP contribution in [0.2, 0.25) is 0 Å². The van der Waals surface area contributed by atoms with Gasteiger partial charge in [-0.15, -0.1) is 0 Å². The molecule has 0 aliphatic carbocycles. The maximum absolute atomic E-state index is 11.1. The van der Waals surface area contributed by atoms with Gasteiger partial charge in [0.15, 0.2) is 22.5 Å². The molecule has 0 radical (unpaired) electrons. The van der Waals surface area contributed by atoms with Crippen molar-refractivity contribution in [3.63, 3.8) is 0 Å². The molecule has 9 nitrogen and oxygen atoms in total. The predicted molar refractivity (Wildman–Crippen MR) is 120 cm³/mol. The van der Waals surface area contributed by atoms with Gasteiger partial charge in [0, 0.05) is 24.1 Å². The molecular weight excluding hydrogens is 417 g/mol.